The zero-order valence-corrected chi connectivity index (χ0v) is 22.1. The van der Waals surface area contributed by atoms with Crippen LogP contribution in [0, 0.1) is 30.5 Å². The minimum Gasteiger partial charge on any atom is -0.487 e. The highest BCUT2D eigenvalue weighted by Crippen LogP contribution is 2.43. The summed E-state index contributed by atoms with van der Waals surface area (Å²) < 4.78 is 24.1. The molecule has 0 aromatic heterocycles. The van der Waals surface area contributed by atoms with E-state index in [0.717, 1.165) is 12.2 Å². The van der Waals surface area contributed by atoms with Gasteiger partial charge in [-0.3, -0.25) is 14.5 Å². The molecule has 1 aliphatic carbocycles. The lowest BCUT2D eigenvalue weighted by Gasteiger charge is -2.38. The normalized spacial score (nSPS) is 24.9. The molecule has 9 heteroatoms. The maximum Gasteiger partial charge on any atom is 0.231 e. The van der Waals surface area contributed by atoms with Gasteiger partial charge in [-0.15, -0.1) is 12.8 Å². The molecule has 1 aromatic rings. The van der Waals surface area contributed by atoms with E-state index < -0.39 is 11.1 Å². The number of aliphatic imine (C=N–C) groups is 1. The van der Waals surface area contributed by atoms with Crippen LogP contribution in [0.4, 0.5) is 4.39 Å². The van der Waals surface area contributed by atoms with E-state index >= 15 is 0 Å². The Morgan fingerprint density at radius 3 is 2.56 bits per heavy atom. The predicted octanol–water partition coefficient (Wildman–Crippen LogP) is 3.41. The van der Waals surface area contributed by atoms with Crippen LogP contribution in [-0.4, -0.2) is 54.1 Å². The van der Waals surface area contributed by atoms with Gasteiger partial charge in [-0.2, -0.15) is 0 Å². The van der Waals surface area contributed by atoms with E-state index in [1.165, 1.54) is 17.0 Å². The Morgan fingerprint density at radius 1 is 1.33 bits per heavy atom. The maximum absolute atomic E-state index is 13.6. The number of carbonyl (C=O) groups excluding carboxylic acids is 2. The zero-order chi connectivity index (χ0) is 27.3. The summed E-state index contributed by atoms with van der Waals surface area (Å²) in [6.07, 6.45) is 9.60. The molecule has 1 fully saturated rings. The topological polar surface area (TPSA) is 106 Å². The Morgan fingerprint density at radius 2 is 1.97 bits per heavy atom. The number of methoxy groups -OCH3 is 1. The van der Waals surface area contributed by atoms with Crippen molar-refractivity contribution >= 4 is 17.8 Å². The Balaban J connectivity index is 0.000000694. The zero-order valence-electron chi connectivity index (χ0n) is 22.1. The van der Waals surface area contributed by atoms with Crippen LogP contribution in [0.15, 0.2) is 23.2 Å². The summed E-state index contributed by atoms with van der Waals surface area (Å²) in [5, 5.41) is 3.11. The van der Waals surface area contributed by atoms with E-state index in [0.29, 0.717) is 31.6 Å². The number of ether oxygens (including phenoxy) is 2. The van der Waals surface area contributed by atoms with Crippen LogP contribution in [-0.2, 0) is 14.3 Å². The van der Waals surface area contributed by atoms with Gasteiger partial charge >= 0.3 is 0 Å². The van der Waals surface area contributed by atoms with Gasteiger partial charge in [0.2, 0.25) is 11.8 Å². The number of benzene rings is 1. The second-order valence-corrected chi connectivity index (χ2v) is 10.5. The summed E-state index contributed by atoms with van der Waals surface area (Å²) in [5.41, 5.74) is 5.78. The van der Waals surface area contributed by atoms with Gasteiger partial charge in [-0.25, -0.2) is 9.38 Å². The molecule has 2 unspecified atom stereocenters. The third-order valence-electron chi connectivity index (χ3n) is 6.29. The van der Waals surface area contributed by atoms with Crippen LogP contribution >= 0.6 is 0 Å². The lowest BCUT2D eigenvalue weighted by atomic mass is 9.89. The van der Waals surface area contributed by atoms with Crippen LogP contribution in [0.5, 0.6) is 5.75 Å². The Kier molecular flexibility index (Phi) is 9.50. The largest absolute Gasteiger partial charge is 0.487 e. The summed E-state index contributed by atoms with van der Waals surface area (Å²) in [7, 11) is 1.68. The number of hydrogen-bond donors (Lipinski definition) is 2. The summed E-state index contributed by atoms with van der Waals surface area (Å²) in [5.74, 6) is 0.102. The molecule has 1 saturated carbocycles. The molecular weight excluding hydrogens is 463 g/mol. The number of hydrogen-bond acceptors (Lipinski definition) is 6. The first-order valence-corrected chi connectivity index (χ1v) is 12.1. The lowest BCUT2D eigenvalue weighted by Crippen LogP contribution is -2.50. The first-order chi connectivity index (χ1) is 16.9. The molecule has 3 aliphatic rings. The lowest BCUT2D eigenvalue weighted by molar-refractivity contribution is -0.130. The summed E-state index contributed by atoms with van der Waals surface area (Å²) in [6, 6.07) is 4.16. The monoisotopic (exact) mass is 502 g/mol. The molecule has 3 N–H and O–H groups in total. The van der Waals surface area contributed by atoms with Crippen LogP contribution < -0.4 is 15.8 Å². The number of carbonyl (C=O) groups is 2. The van der Waals surface area contributed by atoms with E-state index in [4.69, 9.17) is 10.5 Å². The van der Waals surface area contributed by atoms with Crippen molar-refractivity contribution in [1.82, 2.24) is 10.2 Å². The summed E-state index contributed by atoms with van der Waals surface area (Å²) in [4.78, 5) is 31.2. The second kappa shape index (κ2) is 11.7. The fourth-order valence-corrected chi connectivity index (χ4v) is 4.44. The van der Waals surface area contributed by atoms with E-state index in [-0.39, 0.29) is 41.5 Å². The number of nitrogens with zero attached hydrogens (tertiary/aromatic N) is 2. The van der Waals surface area contributed by atoms with Gasteiger partial charge < -0.3 is 20.5 Å². The smallest absolute Gasteiger partial charge is 0.231 e. The molecular formula is C27H39FN4O4. The maximum atomic E-state index is 13.6. The Bertz CT molecular complexity index is 1000. The molecule has 3 atom stereocenters. The molecule has 4 rings (SSSR count). The SMILES string of the molecule is C#C.CC1(C)CC(=O)N(C[C@H]2CC2C(=O)NC2CC(C)(C)Oc3cc(F)ccc32)C(N)=N1.CCOC. The Labute approximate surface area is 213 Å². The highest BCUT2D eigenvalue weighted by Gasteiger charge is 2.47. The standard InChI is InChI=1S/C22H29FN4O3.C3H8O.C2H2/c1-21(2)10-18(28)27(20(24)26-21)11-12-7-15(12)19(29)25-16-9-22(3,4)30-17-8-13(23)5-6-14(16)17;1-3-4-2;1-2/h5-6,8,12,15-16H,7,9-11H2,1-4H3,(H2,24,26)(H,25,29);3H2,1-2H3;1-2H/t12-,15?,16?;;/m1../s1. The van der Waals surface area contributed by atoms with E-state index in [2.05, 4.69) is 27.9 Å². The number of amides is 2. The van der Waals surface area contributed by atoms with Gasteiger partial charge in [0.1, 0.15) is 17.2 Å². The molecule has 0 bridgehead atoms. The molecule has 0 saturated heterocycles. The van der Waals surface area contributed by atoms with Gasteiger partial charge in [0.25, 0.3) is 0 Å². The van der Waals surface area contributed by atoms with Crippen LogP contribution in [0.2, 0.25) is 0 Å². The number of nitrogens with two attached hydrogens (primary N) is 1. The third-order valence-corrected chi connectivity index (χ3v) is 6.29. The van der Waals surface area contributed by atoms with Crippen molar-refractivity contribution in [3.63, 3.8) is 0 Å². The molecule has 1 aromatic carbocycles. The van der Waals surface area contributed by atoms with Crippen LogP contribution in [0.1, 0.15) is 65.5 Å². The highest BCUT2D eigenvalue weighted by molar-refractivity contribution is 5.99. The molecule has 8 nitrogen and oxygen atoms in total. The second-order valence-electron chi connectivity index (χ2n) is 10.5. The van der Waals surface area contributed by atoms with Gasteiger partial charge in [-0.1, -0.05) is 6.07 Å². The number of rotatable bonds is 5. The summed E-state index contributed by atoms with van der Waals surface area (Å²) in [6.45, 7) is 10.8. The van der Waals surface area contributed by atoms with Gasteiger partial charge in [-0.05, 0) is 53.0 Å². The third kappa shape index (κ3) is 7.44. The highest BCUT2D eigenvalue weighted by atomic mass is 19.1. The Hall–Kier alpha value is -3.12. The molecule has 2 amide bonds. The van der Waals surface area contributed by atoms with E-state index in [1.807, 2.05) is 34.6 Å². The van der Waals surface area contributed by atoms with Crippen molar-refractivity contribution in [2.75, 3.05) is 20.3 Å². The van der Waals surface area contributed by atoms with Crippen molar-refractivity contribution in [2.24, 2.45) is 22.6 Å². The van der Waals surface area contributed by atoms with Crippen LogP contribution in [0.25, 0.3) is 0 Å². The average Bonchev–Trinajstić information content (AvgIpc) is 3.56. The molecule has 0 radical (unpaired) electrons. The van der Waals surface area contributed by atoms with E-state index in [1.54, 1.807) is 13.2 Å². The number of guanidine groups is 1. The van der Waals surface area contributed by atoms with Crippen molar-refractivity contribution in [1.29, 1.82) is 0 Å². The van der Waals surface area contributed by atoms with Crippen molar-refractivity contribution in [2.45, 2.75) is 71.1 Å². The van der Waals surface area contributed by atoms with Gasteiger partial charge in [0.05, 0.1) is 18.0 Å². The summed E-state index contributed by atoms with van der Waals surface area (Å²) >= 11 is 0. The quantitative estimate of drug-likeness (QED) is 0.601. The molecule has 0 spiro atoms. The first-order valence-electron chi connectivity index (χ1n) is 12.1. The molecule has 2 aliphatic heterocycles. The van der Waals surface area contributed by atoms with Crippen molar-refractivity contribution in [3.05, 3.63) is 29.6 Å². The fraction of sp³-hybridized carbons (Fsp3) is 0.593. The number of fused-ring (bicyclic) bond motifs is 1. The van der Waals surface area contributed by atoms with Crippen molar-refractivity contribution in [3.8, 4) is 18.6 Å². The number of terminal acetylenes is 1. The molecule has 198 valence electrons. The molecule has 2 heterocycles. The number of halogens is 1. The first kappa shape index (κ1) is 29.1. The predicted molar refractivity (Wildman–Crippen MR) is 138 cm³/mol. The van der Waals surface area contributed by atoms with E-state index in [9.17, 15) is 14.0 Å². The molecule has 36 heavy (non-hydrogen) atoms. The average molecular weight is 503 g/mol. The van der Waals surface area contributed by atoms with Gasteiger partial charge in [0.15, 0.2) is 5.96 Å². The van der Waals surface area contributed by atoms with Crippen LogP contribution in [0.3, 0.4) is 0 Å². The fourth-order valence-electron chi connectivity index (χ4n) is 4.44. The van der Waals surface area contributed by atoms with Gasteiger partial charge in [0, 0.05) is 44.2 Å². The number of nitrogens with one attached hydrogen (secondary N) is 1. The minimum absolute atomic E-state index is 0.0549. The van der Waals surface area contributed by atoms with Crippen molar-refractivity contribution < 1.29 is 23.5 Å². The minimum atomic E-state index is -0.514.